The Hall–Kier alpha value is -2.74. The third kappa shape index (κ3) is 26.7. The number of benzene rings is 7. The first kappa shape index (κ1) is 58.3. The van der Waals surface area contributed by atoms with Crippen LogP contribution in [0, 0.1) is 95.8 Å². The number of halogens is 8. The van der Waals surface area contributed by atoms with E-state index in [1.54, 1.807) is 13.0 Å². The average Bonchev–Trinajstić information content (AvgIpc) is 3.15. The first-order chi connectivity index (χ1) is 29.3. The molecule has 0 amide bonds. The van der Waals surface area contributed by atoms with Gasteiger partial charge >= 0.3 is 0 Å². The lowest BCUT2D eigenvalue weighted by Gasteiger charge is -1.96. The molecule has 0 atom stereocenters. The molecule has 0 unspecified atom stereocenters. The first-order valence-electron chi connectivity index (χ1n) is 20.2. The summed E-state index contributed by atoms with van der Waals surface area (Å²) in [5.74, 6) is -0.124. The predicted octanol–water partition coefficient (Wildman–Crippen LogP) is 21.0. The third-order valence-electron chi connectivity index (χ3n) is 8.62. The van der Waals surface area contributed by atoms with Gasteiger partial charge in [-0.25, -0.2) is 4.39 Å². The molecule has 0 radical (unpaired) electrons. The Morgan fingerprint density at radius 2 is 0.635 bits per heavy atom. The van der Waals surface area contributed by atoms with Crippen LogP contribution in [0.5, 0.6) is 0 Å². The van der Waals surface area contributed by atoms with E-state index in [0.717, 1.165) is 36.2 Å². The normalized spacial score (nSPS) is 9.67. The topological polar surface area (TPSA) is 0 Å². The molecule has 63 heavy (non-hydrogen) atoms. The molecule has 0 N–H and O–H groups in total. The molecule has 0 fully saturated rings. The van der Waals surface area contributed by atoms with Crippen LogP contribution in [0.2, 0.25) is 15.1 Å². The highest BCUT2D eigenvalue weighted by Crippen LogP contribution is 2.20. The Morgan fingerprint density at radius 3 is 0.921 bits per heavy atom. The van der Waals surface area contributed by atoms with Gasteiger partial charge in [0.15, 0.2) is 0 Å². The van der Waals surface area contributed by atoms with E-state index in [9.17, 15) is 4.39 Å². The van der Waals surface area contributed by atoms with Crippen LogP contribution in [0.4, 0.5) is 4.39 Å². The van der Waals surface area contributed by atoms with E-state index >= 15 is 0 Å². The summed E-state index contributed by atoms with van der Waals surface area (Å²) >= 11 is 30.9. The highest BCUT2D eigenvalue weighted by Gasteiger charge is 1.96. The molecule has 7 aromatic rings. The van der Waals surface area contributed by atoms with E-state index in [1.165, 1.54) is 75.1 Å². The molecule has 336 valence electrons. The van der Waals surface area contributed by atoms with Gasteiger partial charge in [-0.3, -0.25) is 0 Å². The lowest BCUT2D eigenvalue weighted by molar-refractivity contribution is 0.618. The highest BCUT2D eigenvalue weighted by atomic mass is 79.9. The Bertz CT molecular complexity index is 2030. The van der Waals surface area contributed by atoms with Gasteiger partial charge in [0.05, 0.1) is 0 Å². The smallest absolute Gasteiger partial charge is 0.126 e. The number of rotatable bonds is 0. The van der Waals surface area contributed by atoms with Crippen LogP contribution in [0.15, 0.2) is 145 Å². The van der Waals surface area contributed by atoms with Gasteiger partial charge in [-0.2, -0.15) is 0 Å². The van der Waals surface area contributed by atoms with Gasteiger partial charge < -0.3 is 0 Å². The van der Waals surface area contributed by atoms with Gasteiger partial charge in [-0.05, 0) is 218 Å². The zero-order chi connectivity index (χ0) is 48.0. The molecule has 0 nitrogen and oxygen atoms in total. The molecule has 7 rings (SSSR count). The minimum absolute atomic E-state index is 0.124. The minimum atomic E-state index is -0.124. The van der Waals surface area contributed by atoms with Gasteiger partial charge in [-0.1, -0.05) is 170 Å². The summed E-state index contributed by atoms with van der Waals surface area (Å²) in [4.78, 5) is 0. The van der Waals surface area contributed by atoms with E-state index in [4.69, 9.17) is 34.8 Å². The van der Waals surface area contributed by atoms with Crippen LogP contribution in [-0.4, -0.2) is 0 Å². The van der Waals surface area contributed by atoms with Crippen LogP contribution in [-0.2, 0) is 0 Å². The maximum absolute atomic E-state index is 12.5. The molecule has 0 aliphatic rings. The van der Waals surface area contributed by atoms with Crippen molar-refractivity contribution in [2.45, 2.75) is 90.0 Å². The molecule has 0 heterocycles. The summed E-state index contributed by atoms with van der Waals surface area (Å²) in [6.45, 7) is 26.4. The second-order valence-corrected chi connectivity index (χ2v) is 20.4. The fraction of sp³-hybridized carbons (Fsp3) is 0.236. The molecule has 0 spiro atoms. The first-order valence-corrected chi connectivity index (χ1v) is 24.5. The quantitative estimate of drug-likeness (QED) is 0.142. The van der Waals surface area contributed by atoms with Crippen molar-refractivity contribution in [3.63, 3.8) is 0 Å². The molecular weight excluding hydrogens is 1110 g/mol. The van der Waals surface area contributed by atoms with Crippen LogP contribution in [0.1, 0.15) is 72.3 Å². The maximum Gasteiger partial charge on any atom is 0.126 e. The van der Waals surface area contributed by atoms with Crippen molar-refractivity contribution in [1.82, 2.24) is 0 Å². The van der Waals surface area contributed by atoms with Crippen molar-refractivity contribution in [2.24, 2.45) is 0 Å². The fourth-order valence-corrected chi connectivity index (χ4v) is 8.38. The highest BCUT2D eigenvalue weighted by molar-refractivity contribution is 9.11. The van der Waals surface area contributed by atoms with Gasteiger partial charge in [0.2, 0.25) is 0 Å². The van der Waals surface area contributed by atoms with E-state index in [2.05, 4.69) is 179 Å². The van der Waals surface area contributed by atoms with E-state index < -0.39 is 0 Å². The molecular formula is C55H60Br4Cl3F. The van der Waals surface area contributed by atoms with E-state index in [1.807, 2.05) is 83.1 Å². The number of aryl methyl sites for hydroxylation is 13. The Kier molecular flexibility index (Phi) is 28.2. The van der Waals surface area contributed by atoms with Gasteiger partial charge in [0.25, 0.3) is 0 Å². The van der Waals surface area contributed by atoms with Crippen molar-refractivity contribution >= 4 is 98.5 Å². The van der Waals surface area contributed by atoms with E-state index in [0.29, 0.717) is 0 Å². The second kappa shape index (κ2) is 30.5. The van der Waals surface area contributed by atoms with Crippen molar-refractivity contribution < 1.29 is 4.39 Å². The SMILES string of the molecule is Cc1cc(C)cc(Br)c1.Cc1cc(C)cc(Br)c1.Cc1cc(C)cc(Cl)c1.Cc1cc(Cl)ccc1Br.Cc1ccc(Br)c(C)c1.Cc1ccc(Cl)c(C)c1.Cc1ccc(F)c(C)c1. The summed E-state index contributed by atoms with van der Waals surface area (Å²) in [5, 5.41) is 2.46. The molecule has 0 aliphatic carbocycles. The van der Waals surface area contributed by atoms with Gasteiger partial charge in [-0.15, -0.1) is 0 Å². The zero-order valence-corrected chi connectivity index (χ0v) is 47.3. The summed E-state index contributed by atoms with van der Waals surface area (Å²) in [5.41, 5.74) is 15.7. The lowest BCUT2D eigenvalue weighted by Crippen LogP contribution is -1.81. The molecule has 0 saturated carbocycles. The molecule has 7 aromatic carbocycles. The second-order valence-electron chi connectivity index (χ2n) is 15.6. The van der Waals surface area contributed by atoms with Crippen molar-refractivity contribution in [3.05, 3.63) is 238 Å². The van der Waals surface area contributed by atoms with Crippen LogP contribution >= 0.6 is 98.5 Å². The molecule has 0 aliphatic heterocycles. The Labute approximate surface area is 427 Å². The fourth-order valence-electron chi connectivity index (χ4n) is 5.75. The van der Waals surface area contributed by atoms with Crippen molar-refractivity contribution in [2.75, 3.05) is 0 Å². The summed E-state index contributed by atoms with van der Waals surface area (Å²) in [6, 6.07) is 41.9. The number of hydrogen-bond acceptors (Lipinski definition) is 0. The molecule has 0 saturated heterocycles. The Morgan fingerprint density at radius 1 is 0.302 bits per heavy atom. The van der Waals surface area contributed by atoms with Crippen molar-refractivity contribution in [3.8, 4) is 0 Å². The van der Waals surface area contributed by atoms with Crippen LogP contribution in [0.25, 0.3) is 0 Å². The summed E-state index contributed by atoms with van der Waals surface area (Å²) in [6.07, 6.45) is 0. The molecule has 0 aromatic heterocycles. The predicted molar refractivity (Wildman–Crippen MR) is 292 cm³/mol. The average molecular weight is 1170 g/mol. The van der Waals surface area contributed by atoms with E-state index in [-0.39, 0.29) is 5.82 Å². The van der Waals surface area contributed by atoms with Gasteiger partial charge in [0, 0.05) is 33.0 Å². The van der Waals surface area contributed by atoms with Crippen LogP contribution < -0.4 is 0 Å². The third-order valence-corrected chi connectivity index (χ3v) is 12.2. The molecule has 8 heteroatoms. The largest absolute Gasteiger partial charge is 0.207 e. The summed E-state index contributed by atoms with van der Waals surface area (Å²) in [7, 11) is 0. The Balaban J connectivity index is 0.000000367. The minimum Gasteiger partial charge on any atom is -0.207 e. The van der Waals surface area contributed by atoms with Crippen LogP contribution in [0.3, 0.4) is 0 Å². The number of hydrogen-bond donors (Lipinski definition) is 0. The zero-order valence-electron chi connectivity index (χ0n) is 38.6. The monoisotopic (exact) mass is 1160 g/mol. The standard InChI is InChI=1S/3C8H9Br.2C8H9Cl.C8H9F.C7H6BrCl/c2*1-6-3-7(2)5-8(9)4-6;1-6-3-4-8(9)7(2)5-6;1-6-3-7(2)5-8(9)4-6;2*1-6-3-4-8(9)7(2)5-6;1-5-4-6(9)2-3-7(5)8/h6*3-5H,1-2H3;2-4H,1H3. The van der Waals surface area contributed by atoms with Gasteiger partial charge in [0.1, 0.15) is 5.82 Å². The lowest BCUT2D eigenvalue weighted by atomic mass is 10.1. The van der Waals surface area contributed by atoms with Crippen molar-refractivity contribution in [1.29, 1.82) is 0 Å². The summed E-state index contributed by atoms with van der Waals surface area (Å²) < 4.78 is 17.1. The maximum atomic E-state index is 12.5. The molecule has 0 bridgehead atoms.